The first kappa shape index (κ1) is 10.7. The Morgan fingerprint density at radius 2 is 2.31 bits per heavy atom. The molecule has 6 nitrogen and oxygen atoms in total. The maximum Gasteiger partial charge on any atom is 0.419 e. The fourth-order valence-electron chi connectivity index (χ4n) is 1.59. The highest BCUT2D eigenvalue weighted by atomic mass is 16.4. The van der Waals surface area contributed by atoms with Crippen molar-refractivity contribution in [1.82, 2.24) is 9.99 Å². The van der Waals surface area contributed by atoms with Crippen molar-refractivity contribution in [1.29, 1.82) is 0 Å². The molecular formula is C10H14N4O2. The molecule has 0 saturated heterocycles. The van der Waals surface area contributed by atoms with E-state index in [2.05, 4.69) is 5.43 Å². The van der Waals surface area contributed by atoms with Crippen LogP contribution >= 0.6 is 0 Å². The Kier molecular flexibility index (Phi) is 2.67. The van der Waals surface area contributed by atoms with E-state index < -0.39 is 0 Å². The lowest BCUT2D eigenvalue weighted by molar-refractivity contribution is 0.528. The van der Waals surface area contributed by atoms with E-state index in [9.17, 15) is 4.79 Å². The van der Waals surface area contributed by atoms with Gasteiger partial charge < -0.3 is 9.32 Å². The molecule has 6 heteroatoms. The van der Waals surface area contributed by atoms with Crippen LogP contribution in [0.2, 0.25) is 0 Å². The molecule has 1 aromatic carbocycles. The minimum Gasteiger partial charge on any atom is -0.408 e. The first-order valence-corrected chi connectivity index (χ1v) is 4.87. The molecule has 0 unspecified atom stereocenters. The third kappa shape index (κ3) is 1.68. The predicted octanol–water partition coefficient (Wildman–Crippen LogP) is -0.0115. The summed E-state index contributed by atoms with van der Waals surface area (Å²) < 4.78 is 6.57. The van der Waals surface area contributed by atoms with Gasteiger partial charge in [0, 0.05) is 25.8 Å². The Morgan fingerprint density at radius 3 is 3.00 bits per heavy atom. The van der Waals surface area contributed by atoms with E-state index in [0.717, 1.165) is 11.2 Å². The Labute approximate surface area is 92.2 Å². The standard InChI is InChI=1S/C10H14N4O2/c1-13(6-12-11)7-3-4-8-9(5-7)16-10(15)14(8)2/h3-5,12H,6,11H2,1-2H3. The van der Waals surface area contributed by atoms with Gasteiger partial charge in [0.1, 0.15) is 0 Å². The highest BCUT2D eigenvalue weighted by Crippen LogP contribution is 2.19. The molecule has 0 saturated carbocycles. The number of hydrazine groups is 1. The molecule has 0 atom stereocenters. The van der Waals surface area contributed by atoms with Crippen molar-refractivity contribution in [3.8, 4) is 0 Å². The second kappa shape index (κ2) is 3.99. The smallest absolute Gasteiger partial charge is 0.408 e. The van der Waals surface area contributed by atoms with Crippen LogP contribution in [0, 0.1) is 0 Å². The van der Waals surface area contributed by atoms with Gasteiger partial charge in [-0.05, 0) is 12.1 Å². The molecule has 2 rings (SSSR count). The normalized spacial score (nSPS) is 10.9. The van der Waals surface area contributed by atoms with Crippen molar-refractivity contribution in [3.05, 3.63) is 28.7 Å². The molecule has 1 aromatic heterocycles. The number of aryl methyl sites for hydroxylation is 1. The molecule has 0 bridgehead atoms. The molecule has 0 radical (unpaired) electrons. The molecule has 0 aliphatic rings. The number of rotatable bonds is 3. The summed E-state index contributed by atoms with van der Waals surface area (Å²) in [5.41, 5.74) is 4.85. The number of nitrogens with zero attached hydrogens (tertiary/aromatic N) is 2. The quantitative estimate of drug-likeness (QED) is 0.434. The van der Waals surface area contributed by atoms with Crippen LogP contribution in [0.3, 0.4) is 0 Å². The van der Waals surface area contributed by atoms with Gasteiger partial charge in [-0.2, -0.15) is 0 Å². The van der Waals surface area contributed by atoms with Crippen LogP contribution in [0.15, 0.2) is 27.4 Å². The molecular weight excluding hydrogens is 208 g/mol. The molecule has 1 heterocycles. The zero-order chi connectivity index (χ0) is 11.7. The summed E-state index contributed by atoms with van der Waals surface area (Å²) in [4.78, 5) is 13.2. The zero-order valence-corrected chi connectivity index (χ0v) is 9.23. The summed E-state index contributed by atoms with van der Waals surface area (Å²) in [5.74, 6) is 4.88. The summed E-state index contributed by atoms with van der Waals surface area (Å²) in [6.07, 6.45) is 0. The maximum absolute atomic E-state index is 11.3. The highest BCUT2D eigenvalue weighted by Gasteiger charge is 2.07. The van der Waals surface area contributed by atoms with Crippen molar-refractivity contribution >= 4 is 16.8 Å². The van der Waals surface area contributed by atoms with Crippen molar-refractivity contribution < 1.29 is 4.42 Å². The van der Waals surface area contributed by atoms with E-state index in [1.807, 2.05) is 30.1 Å². The largest absolute Gasteiger partial charge is 0.419 e. The fourth-order valence-corrected chi connectivity index (χ4v) is 1.59. The lowest BCUT2D eigenvalue weighted by atomic mass is 10.2. The van der Waals surface area contributed by atoms with Gasteiger partial charge in [-0.3, -0.25) is 10.4 Å². The summed E-state index contributed by atoms with van der Waals surface area (Å²) in [5, 5.41) is 0. The number of nitrogens with one attached hydrogen (secondary N) is 1. The third-order valence-electron chi connectivity index (χ3n) is 2.55. The molecule has 0 aliphatic heterocycles. The van der Waals surface area contributed by atoms with Crippen LogP contribution in [0.5, 0.6) is 0 Å². The second-order valence-corrected chi connectivity index (χ2v) is 3.64. The number of hydrogen-bond donors (Lipinski definition) is 2. The van der Waals surface area contributed by atoms with Crippen LogP contribution in [-0.4, -0.2) is 18.3 Å². The topological polar surface area (TPSA) is 76.4 Å². The number of aromatic nitrogens is 1. The number of hydrogen-bond acceptors (Lipinski definition) is 5. The lowest BCUT2D eigenvalue weighted by Gasteiger charge is -2.17. The Morgan fingerprint density at radius 1 is 1.56 bits per heavy atom. The number of oxazole rings is 1. The van der Waals surface area contributed by atoms with Gasteiger partial charge in [-0.15, -0.1) is 0 Å². The SMILES string of the molecule is CN(CNN)c1ccc2c(c1)oc(=O)n2C. The summed E-state index contributed by atoms with van der Waals surface area (Å²) >= 11 is 0. The molecule has 3 N–H and O–H groups in total. The van der Waals surface area contributed by atoms with Crippen molar-refractivity contribution in [2.45, 2.75) is 0 Å². The van der Waals surface area contributed by atoms with E-state index in [0.29, 0.717) is 12.3 Å². The van der Waals surface area contributed by atoms with E-state index in [1.165, 1.54) is 4.57 Å². The molecule has 2 aromatic rings. The molecule has 16 heavy (non-hydrogen) atoms. The first-order valence-electron chi connectivity index (χ1n) is 4.87. The average molecular weight is 222 g/mol. The van der Waals surface area contributed by atoms with Crippen molar-refractivity contribution in [2.75, 3.05) is 18.6 Å². The zero-order valence-electron chi connectivity index (χ0n) is 9.23. The number of nitrogens with two attached hydrogens (primary N) is 1. The van der Waals surface area contributed by atoms with Gasteiger partial charge in [0.15, 0.2) is 5.58 Å². The number of anilines is 1. The van der Waals surface area contributed by atoms with Gasteiger partial charge in [-0.1, -0.05) is 0 Å². The summed E-state index contributed by atoms with van der Waals surface area (Å²) in [7, 11) is 3.57. The van der Waals surface area contributed by atoms with Gasteiger partial charge in [0.25, 0.3) is 0 Å². The van der Waals surface area contributed by atoms with Crippen LogP contribution in [0.4, 0.5) is 5.69 Å². The van der Waals surface area contributed by atoms with Crippen LogP contribution in [-0.2, 0) is 7.05 Å². The molecule has 0 fully saturated rings. The Balaban J connectivity index is 2.48. The minimum absolute atomic E-state index is 0.355. The lowest BCUT2D eigenvalue weighted by Crippen LogP contribution is -2.35. The van der Waals surface area contributed by atoms with E-state index in [-0.39, 0.29) is 5.76 Å². The van der Waals surface area contributed by atoms with Gasteiger partial charge in [0.05, 0.1) is 12.2 Å². The number of benzene rings is 1. The second-order valence-electron chi connectivity index (χ2n) is 3.64. The van der Waals surface area contributed by atoms with Gasteiger partial charge in [0.2, 0.25) is 0 Å². The van der Waals surface area contributed by atoms with Gasteiger partial charge >= 0.3 is 5.76 Å². The first-order chi connectivity index (χ1) is 7.63. The molecule has 0 spiro atoms. The van der Waals surface area contributed by atoms with Crippen LogP contribution in [0.25, 0.3) is 11.1 Å². The molecule has 0 amide bonds. The van der Waals surface area contributed by atoms with Crippen LogP contribution < -0.4 is 21.9 Å². The monoisotopic (exact) mass is 222 g/mol. The van der Waals surface area contributed by atoms with Gasteiger partial charge in [-0.25, -0.2) is 10.2 Å². The van der Waals surface area contributed by atoms with Crippen molar-refractivity contribution in [2.24, 2.45) is 12.9 Å². The predicted molar refractivity (Wildman–Crippen MR) is 62.0 cm³/mol. The maximum atomic E-state index is 11.3. The Hall–Kier alpha value is -1.79. The third-order valence-corrected chi connectivity index (χ3v) is 2.55. The molecule has 86 valence electrons. The molecule has 0 aliphatic carbocycles. The summed E-state index contributed by atoms with van der Waals surface area (Å²) in [6.45, 7) is 0.516. The van der Waals surface area contributed by atoms with Crippen molar-refractivity contribution in [3.63, 3.8) is 0 Å². The van der Waals surface area contributed by atoms with E-state index in [4.69, 9.17) is 10.3 Å². The minimum atomic E-state index is -0.355. The number of fused-ring (bicyclic) bond motifs is 1. The fraction of sp³-hybridized carbons (Fsp3) is 0.300. The van der Waals surface area contributed by atoms with Crippen LogP contribution in [0.1, 0.15) is 0 Å². The van der Waals surface area contributed by atoms with E-state index in [1.54, 1.807) is 7.05 Å². The van der Waals surface area contributed by atoms with E-state index >= 15 is 0 Å². The summed E-state index contributed by atoms with van der Waals surface area (Å²) in [6, 6.07) is 5.57. The average Bonchev–Trinajstić information content (AvgIpc) is 2.55. The Bertz CT molecular complexity index is 557. The highest BCUT2D eigenvalue weighted by molar-refractivity contribution is 5.77.